The molecule has 0 bridgehead atoms. The maximum atomic E-state index is 12.7. The molecular formula is C18H20N2O3S. The van der Waals surface area contributed by atoms with Crippen molar-refractivity contribution in [1.82, 2.24) is 9.88 Å². The van der Waals surface area contributed by atoms with Gasteiger partial charge >= 0.3 is 5.97 Å². The zero-order chi connectivity index (χ0) is 17.3. The number of aliphatic carboxylic acids is 1. The molecule has 5 nitrogen and oxygen atoms in total. The van der Waals surface area contributed by atoms with Crippen LogP contribution in [0.2, 0.25) is 0 Å². The summed E-state index contributed by atoms with van der Waals surface area (Å²) in [4.78, 5) is 31.4. The minimum Gasteiger partial charge on any atom is -0.481 e. The zero-order valence-corrected chi connectivity index (χ0v) is 14.6. The Morgan fingerprint density at radius 3 is 2.29 bits per heavy atom. The summed E-state index contributed by atoms with van der Waals surface area (Å²) in [5, 5.41) is 10.7. The number of hydrogen-bond donors (Lipinski definition) is 1. The lowest BCUT2D eigenvalue weighted by Gasteiger charge is -2.39. The van der Waals surface area contributed by atoms with Gasteiger partial charge in [0.05, 0.1) is 16.1 Å². The number of carbonyl (C=O) groups excluding carboxylic acids is 1. The van der Waals surface area contributed by atoms with Gasteiger partial charge in [-0.25, -0.2) is 4.98 Å². The SMILES string of the molecule is Cc1nc(C)c(C(=O)N2CCC(C(=O)O)(c3ccccc3)CC2)s1. The van der Waals surface area contributed by atoms with Crippen molar-refractivity contribution in [2.45, 2.75) is 32.1 Å². The predicted octanol–water partition coefficient (Wildman–Crippen LogP) is 3.02. The smallest absolute Gasteiger partial charge is 0.314 e. The molecule has 0 radical (unpaired) electrons. The lowest BCUT2D eigenvalue weighted by Crippen LogP contribution is -2.49. The largest absolute Gasteiger partial charge is 0.481 e. The second-order valence-electron chi connectivity index (χ2n) is 6.19. The van der Waals surface area contributed by atoms with Crippen LogP contribution >= 0.6 is 11.3 Å². The predicted molar refractivity (Wildman–Crippen MR) is 92.5 cm³/mol. The number of aryl methyl sites for hydroxylation is 2. The third kappa shape index (κ3) is 2.82. The van der Waals surface area contributed by atoms with Crippen LogP contribution in [0.25, 0.3) is 0 Å². The summed E-state index contributed by atoms with van der Waals surface area (Å²) in [6, 6.07) is 9.33. The Kier molecular flexibility index (Phi) is 4.41. The minimum atomic E-state index is -0.906. The number of carbonyl (C=O) groups is 2. The van der Waals surface area contributed by atoms with Crippen molar-refractivity contribution in [3.63, 3.8) is 0 Å². The first-order chi connectivity index (χ1) is 11.4. The number of likely N-dealkylation sites (tertiary alicyclic amines) is 1. The Morgan fingerprint density at radius 2 is 1.79 bits per heavy atom. The number of benzene rings is 1. The molecule has 0 spiro atoms. The summed E-state index contributed by atoms with van der Waals surface area (Å²) in [6.45, 7) is 4.61. The number of aromatic nitrogens is 1. The Balaban J connectivity index is 1.80. The molecule has 1 aliphatic rings. The first-order valence-electron chi connectivity index (χ1n) is 7.96. The van der Waals surface area contributed by atoms with E-state index in [0.717, 1.165) is 16.3 Å². The summed E-state index contributed by atoms with van der Waals surface area (Å²) in [5.74, 6) is -0.851. The zero-order valence-electron chi connectivity index (χ0n) is 13.8. The average Bonchev–Trinajstić information content (AvgIpc) is 2.93. The number of rotatable bonds is 3. The number of carboxylic acids is 1. The van der Waals surface area contributed by atoms with Gasteiger partial charge in [-0.1, -0.05) is 30.3 Å². The fraction of sp³-hybridized carbons (Fsp3) is 0.389. The van der Waals surface area contributed by atoms with E-state index in [4.69, 9.17) is 0 Å². The molecule has 0 saturated carbocycles. The highest BCUT2D eigenvalue weighted by atomic mass is 32.1. The van der Waals surface area contributed by atoms with Crippen LogP contribution in [0.15, 0.2) is 30.3 Å². The molecule has 1 aromatic carbocycles. The van der Waals surface area contributed by atoms with Gasteiger partial charge in [-0.15, -0.1) is 11.3 Å². The third-order valence-electron chi connectivity index (χ3n) is 4.74. The molecule has 0 aliphatic carbocycles. The topological polar surface area (TPSA) is 70.5 Å². The van der Waals surface area contributed by atoms with E-state index in [1.807, 2.05) is 44.2 Å². The molecule has 0 atom stereocenters. The van der Waals surface area contributed by atoms with E-state index in [-0.39, 0.29) is 5.91 Å². The number of piperidine rings is 1. The summed E-state index contributed by atoms with van der Waals surface area (Å²) < 4.78 is 0. The van der Waals surface area contributed by atoms with Crippen molar-refractivity contribution in [2.75, 3.05) is 13.1 Å². The molecule has 24 heavy (non-hydrogen) atoms. The van der Waals surface area contributed by atoms with Gasteiger partial charge in [-0.05, 0) is 32.3 Å². The van der Waals surface area contributed by atoms with Gasteiger partial charge in [-0.2, -0.15) is 0 Å². The van der Waals surface area contributed by atoms with Crippen LogP contribution < -0.4 is 0 Å². The lowest BCUT2D eigenvalue weighted by molar-refractivity contribution is -0.145. The fourth-order valence-electron chi connectivity index (χ4n) is 3.35. The van der Waals surface area contributed by atoms with Crippen molar-refractivity contribution in [1.29, 1.82) is 0 Å². The quantitative estimate of drug-likeness (QED) is 0.929. The van der Waals surface area contributed by atoms with Gasteiger partial charge < -0.3 is 10.0 Å². The van der Waals surface area contributed by atoms with Crippen molar-refractivity contribution < 1.29 is 14.7 Å². The average molecular weight is 344 g/mol. The lowest BCUT2D eigenvalue weighted by atomic mass is 9.73. The minimum absolute atomic E-state index is 0.0369. The monoisotopic (exact) mass is 344 g/mol. The van der Waals surface area contributed by atoms with Crippen molar-refractivity contribution in [3.05, 3.63) is 51.5 Å². The molecule has 6 heteroatoms. The molecular weight excluding hydrogens is 324 g/mol. The summed E-state index contributed by atoms with van der Waals surface area (Å²) >= 11 is 1.40. The molecule has 1 aliphatic heterocycles. The number of nitrogens with zero attached hydrogens (tertiary/aromatic N) is 2. The standard InChI is InChI=1S/C18H20N2O3S/c1-12-15(24-13(2)19-12)16(21)20-10-8-18(9-11-20,17(22)23)14-6-4-3-5-7-14/h3-7H,8-11H2,1-2H3,(H,22,23). The van der Waals surface area contributed by atoms with Gasteiger partial charge in [0.15, 0.2) is 0 Å². The highest BCUT2D eigenvalue weighted by Gasteiger charge is 2.44. The van der Waals surface area contributed by atoms with Crippen LogP contribution in [0, 0.1) is 13.8 Å². The summed E-state index contributed by atoms with van der Waals surface area (Å²) in [5.41, 5.74) is 0.659. The van der Waals surface area contributed by atoms with Gasteiger partial charge in [0.2, 0.25) is 0 Å². The van der Waals surface area contributed by atoms with E-state index in [1.54, 1.807) is 4.90 Å². The molecule has 2 heterocycles. The first kappa shape index (κ1) is 16.6. The van der Waals surface area contributed by atoms with Gasteiger partial charge in [-0.3, -0.25) is 9.59 Å². The Labute approximate surface area is 145 Å². The molecule has 1 amide bonds. The Hall–Kier alpha value is -2.21. The van der Waals surface area contributed by atoms with Crippen LogP contribution in [0.1, 0.15) is 38.8 Å². The van der Waals surface area contributed by atoms with Crippen molar-refractivity contribution in [2.24, 2.45) is 0 Å². The normalized spacial score (nSPS) is 16.8. The van der Waals surface area contributed by atoms with Crippen molar-refractivity contribution in [3.8, 4) is 0 Å². The molecule has 0 unspecified atom stereocenters. The molecule has 1 saturated heterocycles. The Morgan fingerprint density at radius 1 is 1.17 bits per heavy atom. The molecule has 126 valence electrons. The van der Waals surface area contributed by atoms with Crippen LogP contribution in [-0.4, -0.2) is 40.0 Å². The molecule has 1 fully saturated rings. The molecule has 3 rings (SSSR count). The van der Waals surface area contributed by atoms with E-state index in [9.17, 15) is 14.7 Å². The second-order valence-corrected chi connectivity index (χ2v) is 7.40. The molecule has 1 aromatic heterocycles. The van der Waals surface area contributed by atoms with Crippen LogP contribution in [-0.2, 0) is 10.2 Å². The third-order valence-corrected chi connectivity index (χ3v) is 5.80. The molecule has 1 N–H and O–H groups in total. The number of carboxylic acid groups (broad SMARTS) is 1. The second kappa shape index (κ2) is 6.36. The number of hydrogen-bond acceptors (Lipinski definition) is 4. The maximum Gasteiger partial charge on any atom is 0.314 e. The Bertz CT molecular complexity index is 762. The van der Waals surface area contributed by atoms with Crippen LogP contribution in [0.4, 0.5) is 0 Å². The van der Waals surface area contributed by atoms with Crippen LogP contribution in [0.3, 0.4) is 0 Å². The highest BCUT2D eigenvalue weighted by molar-refractivity contribution is 7.13. The number of amides is 1. The van der Waals surface area contributed by atoms with E-state index < -0.39 is 11.4 Å². The van der Waals surface area contributed by atoms with E-state index in [1.165, 1.54) is 11.3 Å². The van der Waals surface area contributed by atoms with Gasteiger partial charge in [0.1, 0.15) is 4.88 Å². The van der Waals surface area contributed by atoms with E-state index >= 15 is 0 Å². The maximum absolute atomic E-state index is 12.7. The molecule has 2 aromatic rings. The van der Waals surface area contributed by atoms with Crippen LogP contribution in [0.5, 0.6) is 0 Å². The summed E-state index contributed by atoms with van der Waals surface area (Å²) in [6.07, 6.45) is 0.851. The van der Waals surface area contributed by atoms with Crippen molar-refractivity contribution >= 4 is 23.2 Å². The fourth-order valence-corrected chi connectivity index (χ4v) is 4.24. The van der Waals surface area contributed by atoms with E-state index in [2.05, 4.69) is 4.98 Å². The van der Waals surface area contributed by atoms with E-state index in [0.29, 0.717) is 30.8 Å². The summed E-state index contributed by atoms with van der Waals surface area (Å²) in [7, 11) is 0. The van der Waals surface area contributed by atoms with Gasteiger partial charge in [0, 0.05) is 13.1 Å². The number of thiazole rings is 1. The first-order valence-corrected chi connectivity index (χ1v) is 8.78. The van der Waals surface area contributed by atoms with Gasteiger partial charge in [0.25, 0.3) is 5.91 Å². The highest BCUT2D eigenvalue weighted by Crippen LogP contribution is 2.36.